The molecular weight excluding hydrogens is 185 g/mol. The van der Waals surface area contributed by atoms with Crippen molar-refractivity contribution in [1.29, 1.82) is 0 Å². The van der Waals surface area contributed by atoms with Gasteiger partial charge in [0.1, 0.15) is 0 Å². The lowest BCUT2D eigenvalue weighted by molar-refractivity contribution is 0.337. The first-order valence-corrected chi connectivity index (χ1v) is 4.33. The van der Waals surface area contributed by atoms with Crippen LogP contribution in [-0.2, 0) is 6.42 Å². The first-order chi connectivity index (χ1) is 6.72. The van der Waals surface area contributed by atoms with Crippen LogP contribution in [0.1, 0.15) is 5.56 Å². The number of nitrogens with two attached hydrogens (primary N) is 1. The topological polar surface area (TPSA) is 44.5 Å². The van der Waals surface area contributed by atoms with Gasteiger partial charge in [0.05, 0.1) is 14.2 Å². The SMILES string of the molecule is COc1cc(CCN)cc(F)c1OC. The molecule has 0 atom stereocenters. The van der Waals surface area contributed by atoms with Crippen LogP contribution < -0.4 is 15.2 Å². The summed E-state index contributed by atoms with van der Waals surface area (Å²) in [6.07, 6.45) is 0.622. The molecule has 1 rings (SSSR count). The van der Waals surface area contributed by atoms with Gasteiger partial charge < -0.3 is 15.2 Å². The molecule has 0 heterocycles. The standard InChI is InChI=1S/C10H14FNO2/c1-13-9-6-7(3-4-12)5-8(11)10(9)14-2/h5-6H,3-4,12H2,1-2H3. The highest BCUT2D eigenvalue weighted by molar-refractivity contribution is 5.44. The average Bonchev–Trinajstić information content (AvgIpc) is 2.17. The molecule has 0 radical (unpaired) electrons. The summed E-state index contributed by atoms with van der Waals surface area (Å²) in [6.45, 7) is 0.481. The van der Waals surface area contributed by atoms with E-state index < -0.39 is 5.82 Å². The summed E-state index contributed by atoms with van der Waals surface area (Å²) in [5.41, 5.74) is 6.19. The molecule has 0 amide bonds. The van der Waals surface area contributed by atoms with Crippen molar-refractivity contribution in [3.8, 4) is 11.5 Å². The highest BCUT2D eigenvalue weighted by atomic mass is 19.1. The van der Waals surface area contributed by atoms with E-state index in [1.165, 1.54) is 20.3 Å². The molecule has 0 saturated heterocycles. The summed E-state index contributed by atoms with van der Waals surface area (Å²) in [5.74, 6) is 0.111. The summed E-state index contributed by atoms with van der Waals surface area (Å²) in [5, 5.41) is 0. The Morgan fingerprint density at radius 3 is 2.50 bits per heavy atom. The van der Waals surface area contributed by atoms with Gasteiger partial charge >= 0.3 is 0 Å². The summed E-state index contributed by atoms with van der Waals surface area (Å²) < 4.78 is 23.2. The van der Waals surface area contributed by atoms with Gasteiger partial charge in [-0.05, 0) is 30.7 Å². The molecule has 0 aromatic heterocycles. The highest BCUT2D eigenvalue weighted by Gasteiger charge is 2.11. The molecule has 14 heavy (non-hydrogen) atoms. The number of rotatable bonds is 4. The number of hydrogen-bond donors (Lipinski definition) is 1. The smallest absolute Gasteiger partial charge is 0.196 e. The summed E-state index contributed by atoms with van der Waals surface area (Å²) in [7, 11) is 2.88. The number of benzene rings is 1. The van der Waals surface area contributed by atoms with Crippen LogP contribution in [0.2, 0.25) is 0 Å². The average molecular weight is 199 g/mol. The molecule has 78 valence electrons. The Kier molecular flexibility index (Phi) is 3.71. The van der Waals surface area contributed by atoms with Crippen molar-refractivity contribution in [1.82, 2.24) is 0 Å². The van der Waals surface area contributed by atoms with E-state index in [1.54, 1.807) is 6.07 Å². The number of ether oxygens (including phenoxy) is 2. The van der Waals surface area contributed by atoms with E-state index in [2.05, 4.69) is 0 Å². The summed E-state index contributed by atoms with van der Waals surface area (Å²) >= 11 is 0. The molecule has 4 heteroatoms. The third-order valence-corrected chi connectivity index (χ3v) is 1.93. The Morgan fingerprint density at radius 1 is 1.29 bits per heavy atom. The quantitative estimate of drug-likeness (QED) is 0.796. The minimum absolute atomic E-state index is 0.133. The molecule has 0 spiro atoms. The fourth-order valence-electron chi connectivity index (χ4n) is 1.28. The molecule has 0 aliphatic heterocycles. The second-order valence-electron chi connectivity index (χ2n) is 2.85. The molecule has 0 aliphatic carbocycles. The molecule has 1 aromatic carbocycles. The van der Waals surface area contributed by atoms with Crippen molar-refractivity contribution in [3.05, 3.63) is 23.5 Å². The van der Waals surface area contributed by atoms with Crippen LogP contribution in [0.4, 0.5) is 4.39 Å². The number of hydrogen-bond acceptors (Lipinski definition) is 3. The normalized spacial score (nSPS) is 10.0. The molecule has 0 bridgehead atoms. The Bertz CT molecular complexity index is 315. The maximum absolute atomic E-state index is 13.4. The zero-order valence-corrected chi connectivity index (χ0v) is 8.34. The fraction of sp³-hybridized carbons (Fsp3) is 0.400. The number of halogens is 1. The maximum atomic E-state index is 13.4. The van der Waals surface area contributed by atoms with Crippen LogP contribution >= 0.6 is 0 Å². The van der Waals surface area contributed by atoms with Crippen LogP contribution in [-0.4, -0.2) is 20.8 Å². The molecule has 0 aliphatic rings. The van der Waals surface area contributed by atoms with Gasteiger partial charge in [0, 0.05) is 0 Å². The molecule has 0 unspecified atom stereocenters. The lowest BCUT2D eigenvalue weighted by Crippen LogP contribution is -2.04. The Hall–Kier alpha value is -1.29. The van der Waals surface area contributed by atoms with Crippen LogP contribution in [0.25, 0.3) is 0 Å². The molecule has 3 nitrogen and oxygen atoms in total. The monoisotopic (exact) mass is 199 g/mol. The van der Waals surface area contributed by atoms with Gasteiger partial charge in [0.2, 0.25) is 0 Å². The second kappa shape index (κ2) is 4.81. The third kappa shape index (κ3) is 2.14. The lowest BCUT2D eigenvalue weighted by Gasteiger charge is -2.10. The summed E-state index contributed by atoms with van der Waals surface area (Å²) in [6, 6.07) is 3.14. The van der Waals surface area contributed by atoms with Crippen LogP contribution in [0.5, 0.6) is 11.5 Å². The van der Waals surface area contributed by atoms with E-state index in [1.807, 2.05) is 0 Å². The van der Waals surface area contributed by atoms with E-state index in [4.69, 9.17) is 15.2 Å². The van der Waals surface area contributed by atoms with Gasteiger partial charge in [-0.3, -0.25) is 0 Å². The van der Waals surface area contributed by atoms with Crippen LogP contribution in [0.3, 0.4) is 0 Å². The second-order valence-corrected chi connectivity index (χ2v) is 2.85. The van der Waals surface area contributed by atoms with Gasteiger partial charge in [-0.25, -0.2) is 4.39 Å². The lowest BCUT2D eigenvalue weighted by atomic mass is 10.1. The molecule has 0 saturated carbocycles. The molecular formula is C10H14FNO2. The van der Waals surface area contributed by atoms with Gasteiger partial charge in [0.25, 0.3) is 0 Å². The van der Waals surface area contributed by atoms with Crippen molar-refractivity contribution >= 4 is 0 Å². The molecule has 1 aromatic rings. The van der Waals surface area contributed by atoms with E-state index in [-0.39, 0.29) is 5.75 Å². The van der Waals surface area contributed by atoms with Gasteiger partial charge in [-0.15, -0.1) is 0 Å². The fourth-order valence-corrected chi connectivity index (χ4v) is 1.28. The highest BCUT2D eigenvalue weighted by Crippen LogP contribution is 2.31. The Balaban J connectivity index is 3.10. The minimum Gasteiger partial charge on any atom is -0.493 e. The van der Waals surface area contributed by atoms with Crippen LogP contribution in [0, 0.1) is 5.82 Å². The maximum Gasteiger partial charge on any atom is 0.196 e. The first-order valence-electron chi connectivity index (χ1n) is 4.33. The predicted octanol–water partition coefficient (Wildman–Crippen LogP) is 1.34. The van der Waals surface area contributed by atoms with E-state index in [0.717, 1.165) is 5.56 Å². The minimum atomic E-state index is -0.421. The third-order valence-electron chi connectivity index (χ3n) is 1.93. The van der Waals surface area contributed by atoms with Crippen molar-refractivity contribution < 1.29 is 13.9 Å². The zero-order chi connectivity index (χ0) is 10.6. The number of methoxy groups -OCH3 is 2. The Morgan fingerprint density at radius 2 is 2.00 bits per heavy atom. The first kappa shape index (κ1) is 10.8. The summed E-state index contributed by atoms with van der Waals surface area (Å²) in [4.78, 5) is 0. The van der Waals surface area contributed by atoms with Crippen molar-refractivity contribution in [3.63, 3.8) is 0 Å². The van der Waals surface area contributed by atoms with Gasteiger partial charge in [0.15, 0.2) is 17.3 Å². The van der Waals surface area contributed by atoms with Crippen LogP contribution in [0.15, 0.2) is 12.1 Å². The van der Waals surface area contributed by atoms with Crippen molar-refractivity contribution in [2.24, 2.45) is 5.73 Å². The van der Waals surface area contributed by atoms with E-state index >= 15 is 0 Å². The molecule has 0 fully saturated rings. The van der Waals surface area contributed by atoms with Gasteiger partial charge in [-0.2, -0.15) is 0 Å². The van der Waals surface area contributed by atoms with Crippen molar-refractivity contribution in [2.45, 2.75) is 6.42 Å². The Labute approximate surface area is 82.6 Å². The molecule has 2 N–H and O–H groups in total. The van der Waals surface area contributed by atoms with Crippen molar-refractivity contribution in [2.75, 3.05) is 20.8 Å². The largest absolute Gasteiger partial charge is 0.493 e. The predicted molar refractivity (Wildman–Crippen MR) is 52.3 cm³/mol. The van der Waals surface area contributed by atoms with E-state index in [9.17, 15) is 4.39 Å². The van der Waals surface area contributed by atoms with E-state index in [0.29, 0.717) is 18.7 Å². The zero-order valence-electron chi connectivity index (χ0n) is 8.34. The van der Waals surface area contributed by atoms with Gasteiger partial charge in [-0.1, -0.05) is 0 Å².